The van der Waals surface area contributed by atoms with Crippen molar-refractivity contribution in [2.75, 3.05) is 20.2 Å². The number of imidazole rings is 1. The van der Waals surface area contributed by atoms with Crippen molar-refractivity contribution in [3.63, 3.8) is 0 Å². The van der Waals surface area contributed by atoms with Crippen LogP contribution in [0.5, 0.6) is 0 Å². The number of urea groups is 1. The molecule has 0 fully saturated rings. The molecule has 2 heterocycles. The summed E-state index contributed by atoms with van der Waals surface area (Å²) in [5.74, 6) is -0.890. The largest absolute Gasteiger partial charge is 0.469 e. The summed E-state index contributed by atoms with van der Waals surface area (Å²) in [6, 6.07) is 3.11. The molecule has 3 rings (SSSR count). The van der Waals surface area contributed by atoms with E-state index in [1.807, 2.05) is 0 Å². The number of carbonyl (C=O) groups is 2. The second-order valence-corrected chi connectivity index (χ2v) is 6.27. The van der Waals surface area contributed by atoms with E-state index in [-0.39, 0.29) is 18.5 Å². The second kappa shape index (κ2) is 7.74. The van der Waals surface area contributed by atoms with Crippen molar-refractivity contribution < 1.29 is 18.7 Å². The number of aromatic nitrogens is 2. The Morgan fingerprint density at radius 2 is 2.31 bits per heavy atom. The van der Waals surface area contributed by atoms with E-state index in [4.69, 9.17) is 11.6 Å². The SMILES string of the molecule is COC(=O)CCNC(=O)N1CCc2[nH]cnc2[C@H]1c1cc(Cl)ccc1F. The Kier molecular flexibility index (Phi) is 5.41. The predicted octanol–water partition coefficient (Wildman–Crippen LogP) is 2.42. The molecule has 1 aromatic heterocycles. The van der Waals surface area contributed by atoms with Gasteiger partial charge in [0.15, 0.2) is 0 Å². The normalized spacial score (nSPS) is 16.1. The van der Waals surface area contributed by atoms with Gasteiger partial charge in [-0.15, -0.1) is 0 Å². The number of H-pyrrole nitrogens is 1. The van der Waals surface area contributed by atoms with Gasteiger partial charge in [0.25, 0.3) is 0 Å². The predicted molar refractivity (Wildman–Crippen MR) is 92.3 cm³/mol. The number of rotatable bonds is 4. The highest BCUT2D eigenvalue weighted by atomic mass is 35.5. The number of nitrogens with one attached hydrogen (secondary N) is 2. The Labute approximate surface area is 154 Å². The molecular formula is C17H18ClFN4O3. The summed E-state index contributed by atoms with van der Waals surface area (Å²) in [6.45, 7) is 0.496. The van der Waals surface area contributed by atoms with Gasteiger partial charge in [-0.25, -0.2) is 14.2 Å². The van der Waals surface area contributed by atoms with Crippen LogP contribution >= 0.6 is 11.6 Å². The lowest BCUT2D eigenvalue weighted by molar-refractivity contribution is -0.140. The summed E-state index contributed by atoms with van der Waals surface area (Å²) in [4.78, 5) is 32.7. The van der Waals surface area contributed by atoms with E-state index in [0.29, 0.717) is 23.7 Å². The molecule has 0 saturated carbocycles. The number of esters is 1. The first-order valence-corrected chi connectivity index (χ1v) is 8.47. The summed E-state index contributed by atoms with van der Waals surface area (Å²) in [5, 5.41) is 3.04. The molecule has 0 radical (unpaired) electrons. The minimum absolute atomic E-state index is 0.0555. The van der Waals surface area contributed by atoms with E-state index in [2.05, 4.69) is 20.0 Å². The van der Waals surface area contributed by atoms with Gasteiger partial charge in [-0.05, 0) is 18.2 Å². The van der Waals surface area contributed by atoms with Gasteiger partial charge in [-0.1, -0.05) is 11.6 Å². The zero-order valence-corrected chi connectivity index (χ0v) is 14.8. The van der Waals surface area contributed by atoms with Gasteiger partial charge in [-0.3, -0.25) is 4.79 Å². The van der Waals surface area contributed by atoms with Crippen molar-refractivity contribution in [1.82, 2.24) is 20.2 Å². The third-order valence-corrected chi connectivity index (χ3v) is 4.51. The average molecular weight is 381 g/mol. The third kappa shape index (κ3) is 3.65. The molecule has 2 N–H and O–H groups in total. The third-order valence-electron chi connectivity index (χ3n) is 4.27. The number of carbonyl (C=O) groups excluding carboxylic acids is 2. The van der Waals surface area contributed by atoms with Crippen molar-refractivity contribution in [3.8, 4) is 0 Å². The zero-order valence-electron chi connectivity index (χ0n) is 14.1. The molecule has 1 atom stereocenters. The number of ether oxygens (including phenoxy) is 1. The number of hydrogen-bond acceptors (Lipinski definition) is 4. The van der Waals surface area contributed by atoms with Crippen LogP contribution in [0.4, 0.5) is 9.18 Å². The zero-order chi connectivity index (χ0) is 18.7. The number of benzene rings is 1. The number of halogens is 2. The minimum Gasteiger partial charge on any atom is -0.469 e. The first kappa shape index (κ1) is 18.2. The molecule has 2 aromatic rings. The highest BCUT2D eigenvalue weighted by Crippen LogP contribution is 2.35. The molecule has 1 aliphatic heterocycles. The van der Waals surface area contributed by atoms with Gasteiger partial charge in [0.05, 0.1) is 25.6 Å². The van der Waals surface area contributed by atoms with Crippen LogP contribution in [0.2, 0.25) is 5.02 Å². The fourth-order valence-corrected chi connectivity index (χ4v) is 3.19. The Morgan fingerprint density at radius 1 is 1.50 bits per heavy atom. The van der Waals surface area contributed by atoms with Gasteiger partial charge in [-0.2, -0.15) is 0 Å². The number of methoxy groups -OCH3 is 1. The molecule has 0 aliphatic carbocycles. The standard InChI is InChI=1S/C17H18ClFN4O3/c1-26-14(24)4-6-20-17(25)23-7-5-13-15(22-9-21-13)16(23)11-8-10(18)2-3-12(11)19/h2-3,8-9,16H,4-7H2,1H3,(H,20,25)(H,21,22)/t16-/m1/s1. The summed E-state index contributed by atoms with van der Waals surface area (Å²) < 4.78 is 19.0. The smallest absolute Gasteiger partial charge is 0.318 e. The first-order valence-electron chi connectivity index (χ1n) is 8.09. The topological polar surface area (TPSA) is 87.3 Å². The number of aromatic amines is 1. The van der Waals surface area contributed by atoms with Crippen LogP contribution in [0.15, 0.2) is 24.5 Å². The summed E-state index contributed by atoms with van der Waals surface area (Å²) in [5.41, 5.74) is 1.71. The Hall–Kier alpha value is -2.61. The van der Waals surface area contributed by atoms with Gasteiger partial charge >= 0.3 is 12.0 Å². The molecule has 1 aromatic carbocycles. The maximum atomic E-state index is 14.5. The van der Waals surface area contributed by atoms with Crippen molar-refractivity contribution >= 4 is 23.6 Å². The maximum Gasteiger partial charge on any atom is 0.318 e. The molecule has 2 amide bonds. The van der Waals surface area contributed by atoms with Crippen LogP contribution in [0.25, 0.3) is 0 Å². The molecule has 0 spiro atoms. The van der Waals surface area contributed by atoms with Crippen LogP contribution in [0.3, 0.4) is 0 Å². The molecule has 1 aliphatic rings. The molecule has 0 saturated heterocycles. The minimum atomic E-state index is -0.707. The van der Waals surface area contributed by atoms with Gasteiger partial charge in [0, 0.05) is 35.8 Å². The van der Waals surface area contributed by atoms with E-state index >= 15 is 0 Å². The van der Waals surface area contributed by atoms with Crippen molar-refractivity contribution in [3.05, 3.63) is 52.3 Å². The van der Waals surface area contributed by atoms with E-state index < -0.39 is 23.9 Å². The average Bonchev–Trinajstić information content (AvgIpc) is 3.11. The van der Waals surface area contributed by atoms with E-state index in [1.54, 1.807) is 0 Å². The number of hydrogen-bond donors (Lipinski definition) is 2. The molecular weight excluding hydrogens is 363 g/mol. The van der Waals surface area contributed by atoms with Crippen LogP contribution in [0.1, 0.15) is 29.4 Å². The van der Waals surface area contributed by atoms with E-state index in [0.717, 1.165) is 5.69 Å². The Bertz CT molecular complexity index is 826. The Balaban J connectivity index is 1.88. The highest BCUT2D eigenvalue weighted by Gasteiger charge is 2.35. The monoisotopic (exact) mass is 380 g/mol. The summed E-state index contributed by atoms with van der Waals surface area (Å²) >= 11 is 6.03. The van der Waals surface area contributed by atoms with Gasteiger partial charge < -0.3 is 19.9 Å². The lowest BCUT2D eigenvalue weighted by Gasteiger charge is -2.35. The number of fused-ring (bicyclic) bond motifs is 1. The van der Waals surface area contributed by atoms with E-state index in [1.165, 1.54) is 36.5 Å². The summed E-state index contributed by atoms with van der Waals surface area (Å²) in [7, 11) is 1.28. The molecule has 9 heteroatoms. The van der Waals surface area contributed by atoms with Gasteiger partial charge in [0.2, 0.25) is 0 Å². The fourth-order valence-electron chi connectivity index (χ4n) is 3.01. The second-order valence-electron chi connectivity index (χ2n) is 5.84. The van der Waals surface area contributed by atoms with Crippen molar-refractivity contribution in [1.29, 1.82) is 0 Å². The molecule has 138 valence electrons. The first-order chi connectivity index (χ1) is 12.5. The molecule has 0 bridgehead atoms. The highest BCUT2D eigenvalue weighted by molar-refractivity contribution is 6.30. The fraction of sp³-hybridized carbons (Fsp3) is 0.353. The molecule has 7 nitrogen and oxygen atoms in total. The molecule has 26 heavy (non-hydrogen) atoms. The lowest BCUT2D eigenvalue weighted by atomic mass is 9.95. The Morgan fingerprint density at radius 3 is 3.08 bits per heavy atom. The van der Waals surface area contributed by atoms with Crippen molar-refractivity contribution in [2.24, 2.45) is 0 Å². The van der Waals surface area contributed by atoms with Crippen LogP contribution < -0.4 is 5.32 Å². The molecule has 0 unspecified atom stereocenters. The van der Waals surface area contributed by atoms with Crippen LogP contribution in [0, 0.1) is 5.82 Å². The lowest BCUT2D eigenvalue weighted by Crippen LogP contribution is -2.46. The van der Waals surface area contributed by atoms with Crippen LogP contribution in [-0.4, -0.2) is 47.1 Å². The van der Waals surface area contributed by atoms with Crippen LogP contribution in [-0.2, 0) is 16.0 Å². The summed E-state index contributed by atoms with van der Waals surface area (Å²) in [6.07, 6.45) is 2.15. The van der Waals surface area contributed by atoms with E-state index in [9.17, 15) is 14.0 Å². The maximum absolute atomic E-state index is 14.5. The van der Waals surface area contributed by atoms with Gasteiger partial charge in [0.1, 0.15) is 11.9 Å². The quantitative estimate of drug-likeness (QED) is 0.797. The number of amides is 2. The van der Waals surface area contributed by atoms with Crippen molar-refractivity contribution in [2.45, 2.75) is 18.9 Å². The number of nitrogens with zero attached hydrogens (tertiary/aromatic N) is 2.